The number of nitrogens with one attached hydrogen (secondary N) is 1. The third kappa shape index (κ3) is 6.33. The van der Waals surface area contributed by atoms with Crippen molar-refractivity contribution >= 4 is 45.9 Å². The number of hydrogen-bond donors (Lipinski definition) is 1. The first-order chi connectivity index (χ1) is 19.8. The maximum absolute atomic E-state index is 13.6. The average molecular weight is 612 g/mol. The van der Waals surface area contributed by atoms with Crippen molar-refractivity contribution < 1.29 is 45.5 Å². The van der Waals surface area contributed by atoms with E-state index in [2.05, 4.69) is 5.32 Å². The Morgan fingerprint density at radius 2 is 1.83 bits per heavy atom. The van der Waals surface area contributed by atoms with Crippen molar-refractivity contribution in [3.63, 3.8) is 0 Å². The fraction of sp³-hybridized carbons (Fsp3) is 0.321. The smallest absolute Gasteiger partial charge is 0.416 e. The molecule has 2 aromatic carbocycles. The lowest BCUT2D eigenvalue weighted by atomic mass is 10.0. The first-order valence-electron chi connectivity index (χ1n) is 12.8. The zero-order chi connectivity index (χ0) is 30.2. The molecule has 0 spiro atoms. The summed E-state index contributed by atoms with van der Waals surface area (Å²) in [5.41, 5.74) is -2.00. The van der Waals surface area contributed by atoms with Gasteiger partial charge in [-0.2, -0.15) is 26.3 Å². The van der Waals surface area contributed by atoms with Crippen LogP contribution in [-0.4, -0.2) is 52.3 Å². The summed E-state index contributed by atoms with van der Waals surface area (Å²) in [7, 11) is 0. The van der Waals surface area contributed by atoms with E-state index in [1.807, 2.05) is 0 Å². The second-order valence-corrected chi connectivity index (χ2v) is 10.8. The Kier molecular flexibility index (Phi) is 8.12. The van der Waals surface area contributed by atoms with Gasteiger partial charge in [-0.15, -0.1) is 0 Å². The fourth-order valence-corrected chi connectivity index (χ4v) is 5.72. The van der Waals surface area contributed by atoms with E-state index in [1.54, 1.807) is 24.3 Å². The molecular weight excluding hydrogens is 588 g/mol. The number of halogens is 6. The molecule has 2 saturated heterocycles. The first-order valence-corrected chi connectivity index (χ1v) is 13.6. The monoisotopic (exact) mass is 611 g/mol. The lowest BCUT2D eigenvalue weighted by Crippen LogP contribution is -2.36. The van der Waals surface area contributed by atoms with Gasteiger partial charge in [0, 0.05) is 23.6 Å². The standard InChI is InChI=1S/C28H23F6N3O4S/c29-27(30,31)19-5-4-18(20(14-19)28(32,33)34)15-36-9-7-17-12-16(3-6-22(17)36)13-23-24(38)37(26(40)42-23)10-11-41-25(39)21-2-1-8-35-21/h3-7,9,12-14,21,35H,1-2,8,10-11,15H2/t21-/m1/s1. The summed E-state index contributed by atoms with van der Waals surface area (Å²) in [5, 5.41) is 3.11. The molecule has 0 aliphatic carbocycles. The van der Waals surface area contributed by atoms with Gasteiger partial charge in [0.2, 0.25) is 0 Å². The molecule has 2 aliphatic rings. The largest absolute Gasteiger partial charge is 0.463 e. The molecule has 0 radical (unpaired) electrons. The number of amides is 2. The molecule has 14 heteroatoms. The van der Waals surface area contributed by atoms with Crippen LogP contribution < -0.4 is 5.32 Å². The van der Waals surface area contributed by atoms with Crippen molar-refractivity contribution in [2.24, 2.45) is 0 Å². The summed E-state index contributed by atoms with van der Waals surface area (Å²) in [6, 6.07) is 7.71. The number of rotatable bonds is 7. The van der Waals surface area contributed by atoms with E-state index in [4.69, 9.17) is 4.74 Å². The molecule has 1 N–H and O–H groups in total. The highest BCUT2D eigenvalue weighted by Crippen LogP contribution is 2.38. The Labute approximate surface area is 239 Å². The molecule has 7 nitrogen and oxygen atoms in total. The number of imide groups is 1. The Morgan fingerprint density at radius 1 is 1.05 bits per heavy atom. The van der Waals surface area contributed by atoms with Crippen molar-refractivity contribution in [2.45, 2.75) is 37.8 Å². The van der Waals surface area contributed by atoms with Gasteiger partial charge >= 0.3 is 18.3 Å². The predicted octanol–water partition coefficient (Wildman–Crippen LogP) is 6.06. The zero-order valence-electron chi connectivity index (χ0n) is 21.7. The minimum atomic E-state index is -4.98. The lowest BCUT2D eigenvalue weighted by molar-refractivity contribution is -0.147. The number of esters is 1. The number of carbonyl (C=O) groups excluding carboxylic acids is 3. The molecule has 1 atom stereocenters. The Hall–Kier alpha value is -3.78. The minimum absolute atomic E-state index is 0.0911. The normalized spacial score (nSPS) is 19.0. The minimum Gasteiger partial charge on any atom is -0.463 e. The van der Waals surface area contributed by atoms with Crippen LogP contribution >= 0.6 is 11.8 Å². The third-order valence-corrected chi connectivity index (χ3v) is 7.86. The first kappa shape index (κ1) is 29.7. The second kappa shape index (κ2) is 11.5. The average Bonchev–Trinajstić information content (AvgIpc) is 3.65. The molecule has 0 bridgehead atoms. The van der Waals surface area contributed by atoms with Crippen molar-refractivity contribution in [1.82, 2.24) is 14.8 Å². The van der Waals surface area contributed by atoms with Crippen LogP contribution in [0.3, 0.4) is 0 Å². The summed E-state index contributed by atoms with van der Waals surface area (Å²) in [4.78, 5) is 38.4. The van der Waals surface area contributed by atoms with Crippen LogP contribution in [0.2, 0.25) is 0 Å². The van der Waals surface area contributed by atoms with Crippen molar-refractivity contribution in [2.75, 3.05) is 19.7 Å². The van der Waals surface area contributed by atoms with E-state index in [0.717, 1.165) is 35.7 Å². The zero-order valence-corrected chi connectivity index (χ0v) is 22.5. The van der Waals surface area contributed by atoms with Gasteiger partial charge in [0.1, 0.15) is 12.6 Å². The molecule has 42 heavy (non-hydrogen) atoms. The summed E-state index contributed by atoms with van der Waals surface area (Å²) in [5.74, 6) is -0.970. The molecule has 2 fully saturated rings. The van der Waals surface area contributed by atoms with E-state index in [1.165, 1.54) is 16.8 Å². The highest BCUT2D eigenvalue weighted by molar-refractivity contribution is 8.18. The van der Waals surface area contributed by atoms with Gasteiger partial charge in [-0.05, 0) is 78.7 Å². The highest BCUT2D eigenvalue weighted by Gasteiger charge is 2.38. The number of thioether (sulfide) groups is 1. The molecule has 222 valence electrons. The number of benzene rings is 2. The van der Waals surface area contributed by atoms with Gasteiger partial charge in [0.15, 0.2) is 0 Å². The van der Waals surface area contributed by atoms with Crippen LogP contribution in [0.5, 0.6) is 0 Å². The maximum atomic E-state index is 13.6. The van der Waals surface area contributed by atoms with Gasteiger partial charge < -0.3 is 14.6 Å². The summed E-state index contributed by atoms with van der Waals surface area (Å²) in [6.45, 7) is 0.182. The van der Waals surface area contributed by atoms with Gasteiger partial charge in [0.25, 0.3) is 11.1 Å². The van der Waals surface area contributed by atoms with E-state index in [9.17, 15) is 40.7 Å². The van der Waals surface area contributed by atoms with E-state index < -0.39 is 40.6 Å². The molecule has 2 amide bonds. The highest BCUT2D eigenvalue weighted by atomic mass is 32.2. The molecular formula is C28H23F6N3O4S. The molecule has 0 unspecified atom stereocenters. The van der Waals surface area contributed by atoms with Gasteiger partial charge in [-0.3, -0.25) is 19.3 Å². The van der Waals surface area contributed by atoms with Crippen LogP contribution in [-0.2, 0) is 33.2 Å². The van der Waals surface area contributed by atoms with Crippen molar-refractivity contribution in [3.05, 3.63) is 75.8 Å². The van der Waals surface area contributed by atoms with Crippen LogP contribution in [0.4, 0.5) is 31.1 Å². The number of aromatic nitrogens is 1. The fourth-order valence-electron chi connectivity index (χ4n) is 4.85. The van der Waals surface area contributed by atoms with Gasteiger partial charge in [0.05, 0.1) is 22.6 Å². The quantitative estimate of drug-likeness (QED) is 0.199. The van der Waals surface area contributed by atoms with Crippen LogP contribution in [0.1, 0.15) is 35.1 Å². The third-order valence-electron chi connectivity index (χ3n) is 6.95. The SMILES string of the molecule is O=C(OCCN1C(=O)SC(=Cc2ccc3c(ccn3Cc3ccc(C(F)(F)F)cc3C(F)(F)F)c2)C1=O)[C@H]1CCCN1. The predicted molar refractivity (Wildman–Crippen MR) is 142 cm³/mol. The Balaban J connectivity index is 1.29. The van der Waals surface area contributed by atoms with Gasteiger partial charge in [-0.25, -0.2) is 0 Å². The number of hydrogen-bond acceptors (Lipinski definition) is 6. The van der Waals surface area contributed by atoms with E-state index in [0.29, 0.717) is 29.0 Å². The second-order valence-electron chi connectivity index (χ2n) is 9.78. The molecule has 3 heterocycles. The Bertz CT molecular complexity index is 1570. The molecule has 1 aromatic heterocycles. The van der Waals surface area contributed by atoms with Crippen molar-refractivity contribution in [1.29, 1.82) is 0 Å². The molecule has 5 rings (SSSR count). The van der Waals surface area contributed by atoms with Crippen molar-refractivity contribution in [3.8, 4) is 0 Å². The maximum Gasteiger partial charge on any atom is 0.416 e. The number of nitrogens with zero attached hydrogens (tertiary/aromatic N) is 2. The topological polar surface area (TPSA) is 80.6 Å². The summed E-state index contributed by atoms with van der Waals surface area (Å²) < 4.78 is 86.5. The van der Waals surface area contributed by atoms with Crippen LogP contribution in [0, 0.1) is 0 Å². The van der Waals surface area contributed by atoms with E-state index >= 15 is 0 Å². The van der Waals surface area contributed by atoms with E-state index in [-0.39, 0.29) is 42.3 Å². The molecule has 3 aromatic rings. The number of carbonyl (C=O) groups is 3. The lowest BCUT2D eigenvalue weighted by Gasteiger charge is -2.17. The number of ether oxygens (including phenoxy) is 1. The number of alkyl halides is 6. The summed E-state index contributed by atoms with van der Waals surface area (Å²) >= 11 is 0.734. The molecule has 0 saturated carbocycles. The Morgan fingerprint density at radius 3 is 2.52 bits per heavy atom. The van der Waals surface area contributed by atoms with Gasteiger partial charge in [-0.1, -0.05) is 12.1 Å². The molecule has 2 aliphatic heterocycles. The van der Waals surface area contributed by atoms with Crippen LogP contribution in [0.25, 0.3) is 17.0 Å². The van der Waals surface area contributed by atoms with Crippen LogP contribution in [0.15, 0.2) is 53.6 Å². The summed E-state index contributed by atoms with van der Waals surface area (Å²) in [6.07, 6.45) is -5.34. The number of fused-ring (bicyclic) bond motifs is 1.